The standard InChI is InChI=1S/C18H26O4S/c19-23(20,14-18-8-4-5-13-21-18)22-17-11-9-16(10-12-17)15-6-2-1-3-7-15/h9-12,15,18H,1-8,13-14H2/t18-/m0/s1. The summed E-state index contributed by atoms with van der Waals surface area (Å²) in [6.07, 6.45) is 8.99. The fourth-order valence-corrected chi connectivity index (χ4v) is 4.77. The average molecular weight is 338 g/mol. The van der Waals surface area contributed by atoms with Gasteiger partial charge >= 0.3 is 10.1 Å². The van der Waals surface area contributed by atoms with E-state index in [0.29, 0.717) is 18.3 Å². The molecule has 0 spiro atoms. The van der Waals surface area contributed by atoms with Gasteiger partial charge in [0.2, 0.25) is 0 Å². The first-order chi connectivity index (χ1) is 11.1. The van der Waals surface area contributed by atoms with Gasteiger partial charge in [-0.05, 0) is 55.7 Å². The minimum atomic E-state index is -3.60. The Balaban J connectivity index is 1.58. The number of benzene rings is 1. The maximum Gasteiger partial charge on any atom is 0.311 e. The van der Waals surface area contributed by atoms with Gasteiger partial charge in [-0.25, -0.2) is 0 Å². The van der Waals surface area contributed by atoms with Gasteiger partial charge in [0.25, 0.3) is 0 Å². The van der Waals surface area contributed by atoms with E-state index in [1.165, 1.54) is 37.7 Å². The van der Waals surface area contributed by atoms with Crippen LogP contribution in [0.4, 0.5) is 0 Å². The van der Waals surface area contributed by atoms with Crippen molar-refractivity contribution in [2.75, 3.05) is 12.4 Å². The lowest BCUT2D eigenvalue weighted by molar-refractivity contribution is 0.0298. The van der Waals surface area contributed by atoms with Gasteiger partial charge in [0.05, 0.1) is 6.10 Å². The molecule has 2 fully saturated rings. The lowest BCUT2D eigenvalue weighted by Gasteiger charge is -2.23. The Kier molecular flexibility index (Phi) is 5.59. The Morgan fingerprint density at radius 1 is 0.957 bits per heavy atom. The molecule has 1 aliphatic heterocycles. The topological polar surface area (TPSA) is 52.6 Å². The first-order valence-electron chi connectivity index (χ1n) is 8.76. The summed E-state index contributed by atoms with van der Waals surface area (Å²) in [7, 11) is -3.60. The van der Waals surface area contributed by atoms with Crippen molar-refractivity contribution in [3.05, 3.63) is 29.8 Å². The van der Waals surface area contributed by atoms with Crippen molar-refractivity contribution in [2.24, 2.45) is 0 Å². The van der Waals surface area contributed by atoms with Gasteiger partial charge < -0.3 is 8.92 Å². The molecule has 1 aromatic carbocycles. The third-order valence-corrected chi connectivity index (χ3v) is 6.07. The highest BCUT2D eigenvalue weighted by molar-refractivity contribution is 7.87. The van der Waals surface area contributed by atoms with Crippen LogP contribution in [0.15, 0.2) is 24.3 Å². The summed E-state index contributed by atoms with van der Waals surface area (Å²) < 4.78 is 35.0. The van der Waals surface area contributed by atoms with E-state index in [4.69, 9.17) is 8.92 Å². The number of rotatable bonds is 5. The summed E-state index contributed by atoms with van der Waals surface area (Å²) in [5, 5.41) is 0. The maximum atomic E-state index is 12.2. The lowest BCUT2D eigenvalue weighted by atomic mass is 9.84. The molecule has 1 aliphatic carbocycles. The highest BCUT2D eigenvalue weighted by Gasteiger charge is 2.24. The molecule has 1 atom stereocenters. The monoisotopic (exact) mass is 338 g/mol. The zero-order valence-corrected chi connectivity index (χ0v) is 14.4. The molecule has 0 radical (unpaired) electrons. The molecule has 1 saturated heterocycles. The molecule has 0 aromatic heterocycles. The second-order valence-electron chi connectivity index (χ2n) is 6.70. The van der Waals surface area contributed by atoms with Crippen molar-refractivity contribution in [3.8, 4) is 5.75 Å². The Morgan fingerprint density at radius 2 is 1.65 bits per heavy atom. The van der Waals surface area contributed by atoms with E-state index in [9.17, 15) is 8.42 Å². The van der Waals surface area contributed by atoms with Crippen molar-refractivity contribution in [2.45, 2.75) is 63.4 Å². The van der Waals surface area contributed by atoms with Crippen LogP contribution in [0.25, 0.3) is 0 Å². The van der Waals surface area contributed by atoms with E-state index in [0.717, 1.165) is 19.3 Å². The molecule has 0 bridgehead atoms. The maximum absolute atomic E-state index is 12.2. The molecule has 1 saturated carbocycles. The molecule has 3 rings (SSSR count). The van der Waals surface area contributed by atoms with Gasteiger partial charge in [0.15, 0.2) is 0 Å². The zero-order chi connectivity index (χ0) is 16.1. The van der Waals surface area contributed by atoms with E-state index < -0.39 is 10.1 Å². The summed E-state index contributed by atoms with van der Waals surface area (Å²) >= 11 is 0. The average Bonchev–Trinajstić information content (AvgIpc) is 2.56. The van der Waals surface area contributed by atoms with Crippen molar-refractivity contribution in [3.63, 3.8) is 0 Å². The van der Waals surface area contributed by atoms with Crippen LogP contribution in [0.3, 0.4) is 0 Å². The van der Waals surface area contributed by atoms with Gasteiger partial charge in [0, 0.05) is 6.61 Å². The highest BCUT2D eigenvalue weighted by atomic mass is 32.2. The Bertz CT molecular complexity index is 582. The van der Waals surface area contributed by atoms with Gasteiger partial charge in [-0.15, -0.1) is 0 Å². The lowest BCUT2D eigenvalue weighted by Crippen LogP contribution is -2.29. The number of ether oxygens (including phenoxy) is 1. The van der Waals surface area contributed by atoms with E-state index in [-0.39, 0.29) is 11.9 Å². The van der Waals surface area contributed by atoms with Crippen LogP contribution in [0.1, 0.15) is 62.8 Å². The van der Waals surface area contributed by atoms with Crippen molar-refractivity contribution in [1.82, 2.24) is 0 Å². The summed E-state index contributed by atoms with van der Waals surface area (Å²) in [6, 6.07) is 7.59. The fourth-order valence-electron chi connectivity index (χ4n) is 3.58. The molecule has 5 heteroatoms. The molecule has 1 heterocycles. The Labute approximate surface area is 139 Å². The van der Waals surface area contributed by atoms with Crippen molar-refractivity contribution in [1.29, 1.82) is 0 Å². The third-order valence-electron chi connectivity index (χ3n) is 4.84. The molecule has 4 nitrogen and oxygen atoms in total. The van der Waals surface area contributed by atoms with Crippen LogP contribution in [-0.4, -0.2) is 26.9 Å². The molecule has 128 valence electrons. The van der Waals surface area contributed by atoms with Crippen LogP contribution >= 0.6 is 0 Å². The highest BCUT2D eigenvalue weighted by Crippen LogP contribution is 2.33. The molecule has 0 unspecified atom stereocenters. The van der Waals surface area contributed by atoms with Crippen LogP contribution in [-0.2, 0) is 14.9 Å². The zero-order valence-electron chi connectivity index (χ0n) is 13.6. The summed E-state index contributed by atoms with van der Waals surface area (Å²) in [5.74, 6) is 0.961. The SMILES string of the molecule is O=S(=O)(C[C@@H]1CCCCO1)Oc1ccc(C2CCCCC2)cc1. The molecular weight excluding hydrogens is 312 g/mol. The minimum absolute atomic E-state index is 0.0582. The van der Waals surface area contributed by atoms with Crippen molar-refractivity contribution >= 4 is 10.1 Å². The second kappa shape index (κ2) is 7.67. The van der Waals surface area contributed by atoms with Crippen LogP contribution < -0.4 is 4.18 Å². The van der Waals surface area contributed by atoms with E-state index >= 15 is 0 Å². The van der Waals surface area contributed by atoms with Gasteiger partial charge in [-0.1, -0.05) is 31.4 Å². The summed E-state index contributed by atoms with van der Waals surface area (Å²) in [6.45, 7) is 0.649. The first kappa shape index (κ1) is 16.8. The fraction of sp³-hybridized carbons (Fsp3) is 0.667. The minimum Gasteiger partial charge on any atom is -0.382 e. The van der Waals surface area contributed by atoms with E-state index in [1.54, 1.807) is 12.1 Å². The van der Waals surface area contributed by atoms with E-state index in [2.05, 4.69) is 0 Å². The third kappa shape index (κ3) is 4.95. The van der Waals surface area contributed by atoms with E-state index in [1.807, 2.05) is 12.1 Å². The van der Waals surface area contributed by atoms with Gasteiger partial charge in [0.1, 0.15) is 11.5 Å². The molecule has 0 amide bonds. The second-order valence-corrected chi connectivity index (χ2v) is 8.32. The van der Waals surface area contributed by atoms with Crippen LogP contribution in [0.2, 0.25) is 0 Å². The normalized spacial score (nSPS) is 23.6. The predicted octanol–water partition coefficient (Wildman–Crippen LogP) is 4.01. The first-order valence-corrected chi connectivity index (χ1v) is 10.3. The predicted molar refractivity (Wildman–Crippen MR) is 90.3 cm³/mol. The van der Waals surface area contributed by atoms with Crippen LogP contribution in [0, 0.1) is 0 Å². The van der Waals surface area contributed by atoms with Crippen molar-refractivity contribution < 1.29 is 17.3 Å². The smallest absolute Gasteiger partial charge is 0.311 e. The molecular formula is C18H26O4S. The Morgan fingerprint density at radius 3 is 2.30 bits per heavy atom. The molecule has 2 aliphatic rings. The molecule has 1 aromatic rings. The van der Waals surface area contributed by atoms with Crippen LogP contribution in [0.5, 0.6) is 5.75 Å². The summed E-state index contributed by atoms with van der Waals surface area (Å²) in [5.41, 5.74) is 1.30. The summed E-state index contributed by atoms with van der Waals surface area (Å²) in [4.78, 5) is 0. The van der Waals surface area contributed by atoms with Gasteiger partial charge in [-0.2, -0.15) is 8.42 Å². The van der Waals surface area contributed by atoms with Gasteiger partial charge in [-0.3, -0.25) is 0 Å². The molecule has 0 N–H and O–H groups in total. The largest absolute Gasteiger partial charge is 0.382 e. The number of hydrogen-bond acceptors (Lipinski definition) is 4. The Hall–Kier alpha value is -1.07. The quantitative estimate of drug-likeness (QED) is 0.761. The molecule has 23 heavy (non-hydrogen) atoms. The number of hydrogen-bond donors (Lipinski definition) is 0.